The molecule has 4 nitrogen and oxygen atoms in total. The van der Waals surface area contributed by atoms with Crippen molar-refractivity contribution in [1.29, 1.82) is 0 Å². The molecule has 1 aliphatic heterocycles. The van der Waals surface area contributed by atoms with Gasteiger partial charge < -0.3 is 16.0 Å². The molecule has 0 aromatic rings. The molecular weight excluding hydrogens is 142 g/mol. The lowest BCUT2D eigenvalue weighted by Crippen LogP contribution is -2.57. The fourth-order valence-electron chi connectivity index (χ4n) is 1.16. The molecule has 0 spiro atoms. The van der Waals surface area contributed by atoms with Crippen LogP contribution in [0.15, 0.2) is 0 Å². The second-order valence-electron chi connectivity index (χ2n) is 3.11. The SMILES string of the molecule is CC(C)NC1CNC(=O)NC1. The zero-order valence-electron chi connectivity index (χ0n) is 6.98. The maximum atomic E-state index is 10.6. The molecule has 0 aromatic carbocycles. The van der Waals surface area contributed by atoms with Gasteiger partial charge in [0.1, 0.15) is 0 Å². The van der Waals surface area contributed by atoms with Gasteiger partial charge in [-0.1, -0.05) is 13.8 Å². The summed E-state index contributed by atoms with van der Waals surface area (Å²) >= 11 is 0. The smallest absolute Gasteiger partial charge is 0.314 e. The van der Waals surface area contributed by atoms with Gasteiger partial charge in [0.05, 0.1) is 0 Å². The first kappa shape index (κ1) is 8.33. The number of carbonyl (C=O) groups is 1. The first-order chi connectivity index (χ1) is 5.18. The third-order valence-electron chi connectivity index (χ3n) is 1.59. The summed E-state index contributed by atoms with van der Waals surface area (Å²) in [4.78, 5) is 10.6. The van der Waals surface area contributed by atoms with Crippen LogP contribution in [0.1, 0.15) is 13.8 Å². The Labute approximate surface area is 66.7 Å². The van der Waals surface area contributed by atoms with Gasteiger partial charge in [0.2, 0.25) is 0 Å². The molecule has 0 radical (unpaired) electrons. The standard InChI is InChI=1S/C7H15N3O/c1-5(2)10-6-3-8-7(11)9-4-6/h5-6,10H,3-4H2,1-2H3,(H2,8,9,11). The summed E-state index contributed by atoms with van der Waals surface area (Å²) in [6.45, 7) is 5.64. The largest absolute Gasteiger partial charge is 0.337 e. The molecule has 0 unspecified atom stereocenters. The lowest BCUT2D eigenvalue weighted by atomic mass is 10.2. The minimum absolute atomic E-state index is 0.0631. The third kappa shape index (κ3) is 2.76. The number of hydrogen-bond acceptors (Lipinski definition) is 2. The molecular formula is C7H15N3O. The van der Waals surface area contributed by atoms with Crippen LogP contribution in [0.25, 0.3) is 0 Å². The Morgan fingerprint density at radius 1 is 1.45 bits per heavy atom. The average molecular weight is 157 g/mol. The van der Waals surface area contributed by atoms with E-state index in [1.165, 1.54) is 0 Å². The van der Waals surface area contributed by atoms with Gasteiger partial charge in [-0.3, -0.25) is 0 Å². The maximum Gasteiger partial charge on any atom is 0.314 e. The number of amides is 2. The summed E-state index contributed by atoms with van der Waals surface area (Å²) in [7, 11) is 0. The summed E-state index contributed by atoms with van der Waals surface area (Å²) in [6.07, 6.45) is 0. The Morgan fingerprint density at radius 2 is 2.00 bits per heavy atom. The normalized spacial score (nSPS) is 19.7. The van der Waals surface area contributed by atoms with Crippen LogP contribution in [-0.2, 0) is 0 Å². The van der Waals surface area contributed by atoms with Gasteiger partial charge in [0.15, 0.2) is 0 Å². The lowest BCUT2D eigenvalue weighted by molar-refractivity contribution is 0.230. The Kier molecular flexibility index (Phi) is 2.70. The highest BCUT2D eigenvalue weighted by Crippen LogP contribution is 1.89. The summed E-state index contributed by atoms with van der Waals surface area (Å²) in [5.41, 5.74) is 0. The van der Waals surface area contributed by atoms with Crippen LogP contribution in [0.2, 0.25) is 0 Å². The van der Waals surface area contributed by atoms with Crippen molar-refractivity contribution in [2.24, 2.45) is 0 Å². The van der Waals surface area contributed by atoms with Crippen LogP contribution in [0.3, 0.4) is 0 Å². The van der Waals surface area contributed by atoms with E-state index in [2.05, 4.69) is 29.8 Å². The van der Waals surface area contributed by atoms with Crippen LogP contribution in [0, 0.1) is 0 Å². The molecule has 0 bridgehead atoms. The van der Waals surface area contributed by atoms with E-state index < -0.39 is 0 Å². The molecule has 0 atom stereocenters. The van der Waals surface area contributed by atoms with E-state index in [1.807, 2.05) is 0 Å². The fraction of sp³-hybridized carbons (Fsp3) is 0.857. The highest BCUT2D eigenvalue weighted by molar-refractivity contribution is 5.74. The van der Waals surface area contributed by atoms with Crippen molar-refractivity contribution in [2.45, 2.75) is 25.9 Å². The second kappa shape index (κ2) is 3.57. The van der Waals surface area contributed by atoms with Crippen LogP contribution in [0.4, 0.5) is 4.79 Å². The highest BCUT2D eigenvalue weighted by Gasteiger charge is 2.16. The van der Waals surface area contributed by atoms with Gasteiger partial charge in [0.25, 0.3) is 0 Å². The quantitative estimate of drug-likeness (QED) is 0.514. The van der Waals surface area contributed by atoms with Gasteiger partial charge in [-0.2, -0.15) is 0 Å². The molecule has 11 heavy (non-hydrogen) atoms. The summed E-state index contributed by atoms with van der Waals surface area (Å²) in [5.74, 6) is 0. The van der Waals surface area contributed by atoms with Crippen LogP contribution >= 0.6 is 0 Å². The van der Waals surface area contributed by atoms with Crippen LogP contribution < -0.4 is 16.0 Å². The number of nitrogens with one attached hydrogen (secondary N) is 3. The summed E-state index contributed by atoms with van der Waals surface area (Å²) in [5, 5.41) is 8.77. The van der Waals surface area contributed by atoms with Crippen molar-refractivity contribution in [3.8, 4) is 0 Å². The zero-order valence-corrected chi connectivity index (χ0v) is 6.98. The van der Waals surface area contributed by atoms with E-state index in [4.69, 9.17) is 0 Å². The molecule has 0 aliphatic carbocycles. The zero-order chi connectivity index (χ0) is 8.27. The monoisotopic (exact) mass is 157 g/mol. The van der Waals surface area contributed by atoms with Gasteiger partial charge >= 0.3 is 6.03 Å². The van der Waals surface area contributed by atoms with E-state index in [0.29, 0.717) is 12.1 Å². The maximum absolute atomic E-state index is 10.6. The molecule has 4 heteroatoms. The van der Waals surface area contributed by atoms with E-state index in [1.54, 1.807) is 0 Å². The molecule has 1 heterocycles. The van der Waals surface area contributed by atoms with Gasteiger partial charge in [-0.15, -0.1) is 0 Å². The molecule has 0 saturated carbocycles. The van der Waals surface area contributed by atoms with Crippen molar-refractivity contribution in [1.82, 2.24) is 16.0 Å². The van der Waals surface area contributed by atoms with Crippen molar-refractivity contribution in [3.63, 3.8) is 0 Å². The minimum Gasteiger partial charge on any atom is -0.337 e. The Bertz CT molecular complexity index is 137. The summed E-state index contributed by atoms with van der Waals surface area (Å²) in [6, 6.07) is 0.774. The molecule has 3 N–H and O–H groups in total. The van der Waals surface area contributed by atoms with Crippen LogP contribution in [0.5, 0.6) is 0 Å². The molecule has 1 fully saturated rings. The van der Waals surface area contributed by atoms with E-state index in [9.17, 15) is 4.79 Å². The lowest BCUT2D eigenvalue weighted by Gasteiger charge is -2.26. The average Bonchev–Trinajstić information content (AvgIpc) is 1.93. The number of rotatable bonds is 2. The van der Waals surface area contributed by atoms with Gasteiger partial charge in [-0.05, 0) is 0 Å². The highest BCUT2D eigenvalue weighted by atomic mass is 16.2. The molecule has 2 amide bonds. The van der Waals surface area contributed by atoms with E-state index >= 15 is 0 Å². The van der Waals surface area contributed by atoms with Gasteiger partial charge in [-0.25, -0.2) is 4.79 Å². The van der Waals surface area contributed by atoms with E-state index in [-0.39, 0.29) is 6.03 Å². The van der Waals surface area contributed by atoms with E-state index in [0.717, 1.165) is 13.1 Å². The molecule has 1 aliphatic rings. The fourth-order valence-corrected chi connectivity index (χ4v) is 1.16. The Morgan fingerprint density at radius 3 is 2.45 bits per heavy atom. The van der Waals surface area contributed by atoms with Crippen molar-refractivity contribution < 1.29 is 4.79 Å². The van der Waals surface area contributed by atoms with Crippen molar-refractivity contribution in [2.75, 3.05) is 13.1 Å². The summed E-state index contributed by atoms with van der Waals surface area (Å²) < 4.78 is 0. The van der Waals surface area contributed by atoms with Crippen LogP contribution in [-0.4, -0.2) is 31.2 Å². The first-order valence-corrected chi connectivity index (χ1v) is 3.96. The van der Waals surface area contributed by atoms with Crippen molar-refractivity contribution in [3.05, 3.63) is 0 Å². The van der Waals surface area contributed by atoms with Crippen molar-refractivity contribution >= 4 is 6.03 Å². The Balaban J connectivity index is 2.22. The minimum atomic E-state index is -0.0631. The molecule has 1 rings (SSSR count). The Hall–Kier alpha value is -0.770. The predicted molar refractivity (Wildman–Crippen MR) is 43.5 cm³/mol. The number of urea groups is 1. The topological polar surface area (TPSA) is 53.2 Å². The predicted octanol–water partition coefficient (Wildman–Crippen LogP) is -0.334. The number of carbonyl (C=O) groups excluding carboxylic acids is 1. The number of hydrogen-bond donors (Lipinski definition) is 3. The van der Waals surface area contributed by atoms with Gasteiger partial charge in [0, 0.05) is 25.2 Å². The molecule has 1 saturated heterocycles. The molecule has 64 valence electrons. The first-order valence-electron chi connectivity index (χ1n) is 3.96. The molecule has 0 aromatic heterocycles. The third-order valence-corrected chi connectivity index (χ3v) is 1.59. The second-order valence-corrected chi connectivity index (χ2v) is 3.11.